The Kier molecular flexibility index (Phi) is 2.17. The molecule has 2 fully saturated rings. The molecule has 0 saturated carbocycles. The highest BCUT2D eigenvalue weighted by molar-refractivity contribution is 5.69. The number of carbonyl (C=O) groups excluding carboxylic acids is 1. The maximum Gasteiger partial charge on any atom is 0.409 e. The fourth-order valence-electron chi connectivity index (χ4n) is 1.37. The van der Waals surface area contributed by atoms with Gasteiger partial charge in [-0.25, -0.2) is 4.79 Å². The van der Waals surface area contributed by atoms with Crippen LogP contribution in [0.15, 0.2) is 0 Å². The van der Waals surface area contributed by atoms with E-state index in [0.29, 0.717) is 12.7 Å². The maximum absolute atomic E-state index is 10.9. The van der Waals surface area contributed by atoms with E-state index >= 15 is 0 Å². The third-order valence-electron chi connectivity index (χ3n) is 2.20. The monoisotopic (exact) mass is 171 g/mol. The van der Waals surface area contributed by atoms with Crippen LogP contribution in [0.5, 0.6) is 0 Å². The molecule has 0 aliphatic carbocycles. The van der Waals surface area contributed by atoms with Gasteiger partial charge < -0.3 is 14.4 Å². The molecule has 0 N–H and O–H groups in total. The largest absolute Gasteiger partial charge is 0.448 e. The number of cyclic esters (lactones) is 1. The lowest BCUT2D eigenvalue weighted by Gasteiger charge is -2.10. The lowest BCUT2D eigenvalue weighted by molar-refractivity contribution is 0.158. The highest BCUT2D eigenvalue weighted by Gasteiger charge is 2.24. The summed E-state index contributed by atoms with van der Waals surface area (Å²) in [4.78, 5) is 12.7. The number of hydrogen-bond donors (Lipinski definition) is 0. The van der Waals surface area contributed by atoms with E-state index in [9.17, 15) is 4.79 Å². The van der Waals surface area contributed by atoms with Crippen LogP contribution >= 0.6 is 0 Å². The maximum atomic E-state index is 10.9. The summed E-state index contributed by atoms with van der Waals surface area (Å²) in [6.45, 7) is 3.03. The van der Waals surface area contributed by atoms with Crippen LogP contribution in [-0.4, -0.2) is 43.4 Å². The third-order valence-corrected chi connectivity index (χ3v) is 2.20. The standard InChI is InChI=1S/C8H13NO3/c10-8-9(4-5-11-8)3-1-2-7-6-12-7/h7H,1-6H2. The number of epoxide rings is 1. The summed E-state index contributed by atoms with van der Waals surface area (Å²) in [5, 5.41) is 0. The van der Waals surface area contributed by atoms with E-state index in [4.69, 9.17) is 9.47 Å². The molecule has 0 spiro atoms. The Hall–Kier alpha value is -0.770. The SMILES string of the molecule is O=C1OCCN1CCCC1CO1. The Labute approximate surface area is 71.4 Å². The van der Waals surface area contributed by atoms with Gasteiger partial charge in [-0.1, -0.05) is 0 Å². The molecule has 2 aliphatic heterocycles. The van der Waals surface area contributed by atoms with Crippen molar-refractivity contribution in [2.75, 3.05) is 26.3 Å². The second kappa shape index (κ2) is 3.31. The Morgan fingerprint density at radius 1 is 1.58 bits per heavy atom. The summed E-state index contributed by atoms with van der Waals surface area (Å²) < 4.78 is 9.86. The van der Waals surface area contributed by atoms with Gasteiger partial charge in [0.25, 0.3) is 0 Å². The lowest BCUT2D eigenvalue weighted by Crippen LogP contribution is -2.25. The molecule has 2 aliphatic rings. The summed E-state index contributed by atoms with van der Waals surface area (Å²) >= 11 is 0. The molecule has 1 atom stereocenters. The number of carbonyl (C=O) groups is 1. The molecule has 0 aromatic carbocycles. The van der Waals surface area contributed by atoms with Crippen molar-refractivity contribution < 1.29 is 14.3 Å². The first kappa shape index (κ1) is 7.86. The number of rotatable bonds is 4. The van der Waals surface area contributed by atoms with Crippen LogP contribution in [0.25, 0.3) is 0 Å². The lowest BCUT2D eigenvalue weighted by atomic mass is 10.2. The van der Waals surface area contributed by atoms with Gasteiger partial charge in [-0.3, -0.25) is 0 Å². The van der Waals surface area contributed by atoms with Gasteiger partial charge in [-0.05, 0) is 12.8 Å². The van der Waals surface area contributed by atoms with Crippen molar-refractivity contribution in [1.82, 2.24) is 4.90 Å². The Balaban J connectivity index is 1.61. The van der Waals surface area contributed by atoms with Crippen LogP contribution in [0.4, 0.5) is 4.79 Å². The van der Waals surface area contributed by atoms with E-state index in [-0.39, 0.29) is 6.09 Å². The molecule has 1 unspecified atom stereocenters. The third kappa shape index (κ3) is 1.88. The molecule has 2 heterocycles. The highest BCUT2D eigenvalue weighted by atomic mass is 16.6. The number of nitrogens with zero attached hydrogens (tertiary/aromatic N) is 1. The topological polar surface area (TPSA) is 42.1 Å². The van der Waals surface area contributed by atoms with Crippen LogP contribution in [-0.2, 0) is 9.47 Å². The van der Waals surface area contributed by atoms with Gasteiger partial charge in [0.15, 0.2) is 0 Å². The van der Waals surface area contributed by atoms with E-state index in [1.807, 2.05) is 0 Å². The summed E-state index contributed by atoms with van der Waals surface area (Å²) in [5.41, 5.74) is 0. The average Bonchev–Trinajstić information content (AvgIpc) is 2.78. The van der Waals surface area contributed by atoms with Gasteiger partial charge in [0.2, 0.25) is 0 Å². The van der Waals surface area contributed by atoms with Gasteiger partial charge in [-0.15, -0.1) is 0 Å². The minimum absolute atomic E-state index is 0.160. The van der Waals surface area contributed by atoms with E-state index in [1.165, 1.54) is 0 Å². The summed E-state index contributed by atoms with van der Waals surface area (Å²) in [6, 6.07) is 0. The van der Waals surface area contributed by atoms with Crippen LogP contribution in [0.2, 0.25) is 0 Å². The van der Waals surface area contributed by atoms with Gasteiger partial charge >= 0.3 is 6.09 Å². The zero-order valence-electron chi connectivity index (χ0n) is 6.99. The van der Waals surface area contributed by atoms with Crippen molar-refractivity contribution in [3.05, 3.63) is 0 Å². The summed E-state index contributed by atoms with van der Waals surface area (Å²) in [7, 11) is 0. The van der Waals surface area contributed by atoms with Crippen molar-refractivity contribution in [3.8, 4) is 0 Å². The van der Waals surface area contributed by atoms with Crippen molar-refractivity contribution in [3.63, 3.8) is 0 Å². The fraction of sp³-hybridized carbons (Fsp3) is 0.875. The summed E-state index contributed by atoms with van der Waals surface area (Å²) in [5.74, 6) is 0. The molecular weight excluding hydrogens is 158 g/mol. The molecule has 0 bridgehead atoms. The van der Waals surface area contributed by atoms with Crippen molar-refractivity contribution in [2.45, 2.75) is 18.9 Å². The molecule has 12 heavy (non-hydrogen) atoms. The molecule has 0 radical (unpaired) electrons. The van der Waals surface area contributed by atoms with E-state index < -0.39 is 0 Å². The van der Waals surface area contributed by atoms with Crippen LogP contribution in [0.1, 0.15) is 12.8 Å². The first-order chi connectivity index (χ1) is 5.86. The summed E-state index contributed by atoms with van der Waals surface area (Å²) in [6.07, 6.45) is 2.42. The van der Waals surface area contributed by atoms with Crippen molar-refractivity contribution in [1.29, 1.82) is 0 Å². The minimum atomic E-state index is -0.160. The zero-order valence-corrected chi connectivity index (χ0v) is 6.99. The van der Waals surface area contributed by atoms with E-state index in [0.717, 1.165) is 32.5 Å². The molecule has 0 aromatic rings. The molecule has 1 amide bonds. The average molecular weight is 171 g/mol. The van der Waals surface area contributed by atoms with E-state index in [1.54, 1.807) is 4.90 Å². The predicted octanol–water partition coefficient (Wildman–Crippen LogP) is 0.618. The van der Waals surface area contributed by atoms with Gasteiger partial charge in [0, 0.05) is 6.54 Å². The van der Waals surface area contributed by atoms with Crippen LogP contribution < -0.4 is 0 Å². The first-order valence-electron chi connectivity index (χ1n) is 4.39. The van der Waals surface area contributed by atoms with Crippen molar-refractivity contribution >= 4 is 6.09 Å². The minimum Gasteiger partial charge on any atom is -0.448 e. The van der Waals surface area contributed by atoms with E-state index in [2.05, 4.69) is 0 Å². The number of amides is 1. The van der Waals surface area contributed by atoms with Crippen molar-refractivity contribution in [2.24, 2.45) is 0 Å². The smallest absolute Gasteiger partial charge is 0.409 e. The Morgan fingerprint density at radius 2 is 2.42 bits per heavy atom. The van der Waals surface area contributed by atoms with Gasteiger partial charge in [0.05, 0.1) is 19.3 Å². The van der Waals surface area contributed by atoms with Gasteiger partial charge in [-0.2, -0.15) is 0 Å². The second-order valence-electron chi connectivity index (χ2n) is 3.20. The highest BCUT2D eigenvalue weighted by Crippen LogP contribution is 2.16. The zero-order chi connectivity index (χ0) is 8.39. The molecule has 2 saturated heterocycles. The molecule has 4 heteroatoms. The predicted molar refractivity (Wildman–Crippen MR) is 41.9 cm³/mol. The molecular formula is C8H13NO3. The van der Waals surface area contributed by atoms with Gasteiger partial charge in [0.1, 0.15) is 6.61 Å². The molecule has 0 aromatic heterocycles. The Morgan fingerprint density at radius 3 is 3.00 bits per heavy atom. The fourth-order valence-corrected chi connectivity index (χ4v) is 1.37. The number of ether oxygens (including phenoxy) is 2. The first-order valence-corrected chi connectivity index (χ1v) is 4.39. The molecule has 2 rings (SSSR count). The molecule has 68 valence electrons. The quantitative estimate of drug-likeness (QED) is 0.582. The molecule has 4 nitrogen and oxygen atoms in total. The second-order valence-corrected chi connectivity index (χ2v) is 3.20. The van der Waals surface area contributed by atoms with Crippen LogP contribution in [0, 0.1) is 0 Å². The Bertz CT molecular complexity index is 179. The number of hydrogen-bond acceptors (Lipinski definition) is 3. The normalized spacial score (nSPS) is 27.5. The van der Waals surface area contributed by atoms with Crippen LogP contribution in [0.3, 0.4) is 0 Å².